The number of piperidine rings is 1. The number of thiophene rings is 1. The van der Waals surface area contributed by atoms with E-state index in [1.807, 2.05) is 13.0 Å². The van der Waals surface area contributed by atoms with Gasteiger partial charge in [-0.15, -0.1) is 22.9 Å². The predicted octanol–water partition coefficient (Wildman–Crippen LogP) is 2.84. The molecular formula is C11H16ClNO2S2. The molecule has 0 aliphatic carbocycles. The molecule has 0 amide bonds. The van der Waals surface area contributed by atoms with E-state index in [1.54, 1.807) is 10.4 Å². The number of sulfonamides is 1. The van der Waals surface area contributed by atoms with Gasteiger partial charge >= 0.3 is 0 Å². The summed E-state index contributed by atoms with van der Waals surface area (Å²) < 4.78 is 26.9. The van der Waals surface area contributed by atoms with Crippen molar-refractivity contribution in [3.05, 3.63) is 17.0 Å². The van der Waals surface area contributed by atoms with E-state index in [0.717, 1.165) is 24.1 Å². The second-order valence-corrected chi connectivity index (χ2v) is 8.00. The second kappa shape index (κ2) is 5.26. The van der Waals surface area contributed by atoms with Gasteiger partial charge in [0.05, 0.1) is 0 Å². The Morgan fingerprint density at radius 2 is 2.24 bits per heavy atom. The molecule has 0 saturated carbocycles. The number of alkyl halides is 1. The number of hydrogen-bond donors (Lipinski definition) is 0. The molecule has 2 heterocycles. The summed E-state index contributed by atoms with van der Waals surface area (Å²) in [6.45, 7) is 2.51. The first-order valence-electron chi connectivity index (χ1n) is 5.70. The van der Waals surface area contributed by atoms with Crippen LogP contribution in [0.2, 0.25) is 0 Å². The number of nitrogens with zero attached hydrogens (tertiary/aromatic N) is 1. The fourth-order valence-corrected chi connectivity index (χ4v) is 5.62. The van der Waals surface area contributed by atoms with Crippen molar-refractivity contribution < 1.29 is 8.42 Å². The molecule has 1 unspecified atom stereocenters. The Morgan fingerprint density at radius 1 is 1.47 bits per heavy atom. The highest BCUT2D eigenvalue weighted by molar-refractivity contribution is 7.91. The molecule has 1 aliphatic rings. The molecule has 17 heavy (non-hydrogen) atoms. The van der Waals surface area contributed by atoms with E-state index >= 15 is 0 Å². The third kappa shape index (κ3) is 2.67. The zero-order chi connectivity index (χ0) is 12.5. The first-order valence-corrected chi connectivity index (χ1v) is 8.49. The Bertz CT molecular complexity index is 483. The Labute approximate surface area is 111 Å². The molecule has 1 atom stereocenters. The lowest BCUT2D eigenvalue weighted by Crippen LogP contribution is -2.44. The third-order valence-corrected chi connectivity index (χ3v) is 6.81. The summed E-state index contributed by atoms with van der Waals surface area (Å²) in [5, 5.41) is 0. The molecule has 2 rings (SSSR count). The van der Waals surface area contributed by atoms with Crippen molar-refractivity contribution in [3.63, 3.8) is 0 Å². The lowest BCUT2D eigenvalue weighted by Gasteiger charge is -2.32. The van der Waals surface area contributed by atoms with Crippen LogP contribution in [0, 0.1) is 6.92 Å². The van der Waals surface area contributed by atoms with Crippen LogP contribution in [0.15, 0.2) is 16.3 Å². The summed E-state index contributed by atoms with van der Waals surface area (Å²) in [6, 6.07) is 3.49. The number of rotatable bonds is 3. The molecule has 0 radical (unpaired) electrons. The van der Waals surface area contributed by atoms with Crippen molar-refractivity contribution in [1.29, 1.82) is 0 Å². The molecule has 96 valence electrons. The quantitative estimate of drug-likeness (QED) is 0.804. The Morgan fingerprint density at radius 3 is 2.82 bits per heavy atom. The fourth-order valence-electron chi connectivity index (χ4n) is 2.11. The molecular weight excluding hydrogens is 278 g/mol. The molecule has 6 heteroatoms. The van der Waals surface area contributed by atoms with E-state index in [4.69, 9.17) is 11.6 Å². The van der Waals surface area contributed by atoms with Crippen LogP contribution in [-0.4, -0.2) is 31.2 Å². The van der Waals surface area contributed by atoms with Gasteiger partial charge in [-0.05, 0) is 31.9 Å². The van der Waals surface area contributed by atoms with Crippen molar-refractivity contribution in [3.8, 4) is 0 Å². The van der Waals surface area contributed by atoms with Crippen LogP contribution in [0.1, 0.15) is 24.1 Å². The Balaban J connectivity index is 2.30. The molecule has 0 bridgehead atoms. The van der Waals surface area contributed by atoms with Crippen LogP contribution in [0.5, 0.6) is 0 Å². The van der Waals surface area contributed by atoms with Crippen LogP contribution in [0.3, 0.4) is 0 Å². The van der Waals surface area contributed by atoms with Crippen molar-refractivity contribution in [2.24, 2.45) is 0 Å². The molecule has 1 saturated heterocycles. The summed E-state index contributed by atoms with van der Waals surface area (Å²) in [4.78, 5) is 1.02. The Hall–Kier alpha value is -0.100. The highest BCUT2D eigenvalue weighted by atomic mass is 35.5. The average Bonchev–Trinajstić information content (AvgIpc) is 2.76. The van der Waals surface area contributed by atoms with Crippen molar-refractivity contribution in [1.82, 2.24) is 4.31 Å². The zero-order valence-electron chi connectivity index (χ0n) is 9.73. The summed E-state index contributed by atoms with van der Waals surface area (Å²) in [7, 11) is -3.34. The maximum Gasteiger partial charge on any atom is 0.252 e. The highest BCUT2D eigenvalue weighted by Gasteiger charge is 2.33. The average molecular weight is 294 g/mol. The van der Waals surface area contributed by atoms with Crippen molar-refractivity contribution in [2.45, 2.75) is 36.4 Å². The fraction of sp³-hybridized carbons (Fsp3) is 0.636. The van der Waals surface area contributed by atoms with E-state index in [1.165, 1.54) is 11.3 Å². The van der Waals surface area contributed by atoms with Crippen molar-refractivity contribution >= 4 is 33.0 Å². The van der Waals surface area contributed by atoms with Crippen LogP contribution >= 0.6 is 22.9 Å². The monoisotopic (exact) mass is 293 g/mol. The third-order valence-electron chi connectivity index (χ3n) is 3.03. The molecule has 0 N–H and O–H groups in total. The van der Waals surface area contributed by atoms with Gasteiger partial charge < -0.3 is 0 Å². The van der Waals surface area contributed by atoms with E-state index in [9.17, 15) is 8.42 Å². The van der Waals surface area contributed by atoms with Crippen LogP contribution in [-0.2, 0) is 10.0 Å². The van der Waals surface area contributed by atoms with Gasteiger partial charge in [-0.1, -0.05) is 6.42 Å². The standard InChI is InChI=1S/C11H16ClNO2S2/c1-9-5-6-11(16-9)17(14,15)13-7-3-2-4-10(13)8-12/h5-6,10H,2-4,7-8H2,1H3. The Kier molecular flexibility index (Phi) is 4.13. The molecule has 0 spiro atoms. The highest BCUT2D eigenvalue weighted by Crippen LogP contribution is 2.29. The minimum atomic E-state index is -3.34. The zero-order valence-corrected chi connectivity index (χ0v) is 12.1. The molecule has 1 aliphatic heterocycles. The lowest BCUT2D eigenvalue weighted by atomic mass is 10.1. The predicted molar refractivity (Wildman–Crippen MR) is 71.3 cm³/mol. The summed E-state index contributed by atoms with van der Waals surface area (Å²) in [6.07, 6.45) is 2.86. The van der Waals surface area contributed by atoms with E-state index in [2.05, 4.69) is 0 Å². The van der Waals surface area contributed by atoms with Gasteiger partial charge in [0, 0.05) is 23.3 Å². The minimum Gasteiger partial charge on any atom is -0.206 e. The van der Waals surface area contributed by atoms with Gasteiger partial charge in [-0.25, -0.2) is 8.42 Å². The first-order chi connectivity index (χ1) is 8.05. The van der Waals surface area contributed by atoms with Gasteiger partial charge in [0.2, 0.25) is 0 Å². The smallest absolute Gasteiger partial charge is 0.206 e. The molecule has 1 aromatic heterocycles. The summed E-state index contributed by atoms with van der Waals surface area (Å²) >= 11 is 7.20. The van der Waals surface area contributed by atoms with Crippen LogP contribution in [0.25, 0.3) is 0 Å². The number of aryl methyl sites for hydroxylation is 1. The largest absolute Gasteiger partial charge is 0.252 e. The lowest BCUT2D eigenvalue weighted by molar-refractivity contribution is 0.272. The van der Waals surface area contributed by atoms with Gasteiger partial charge in [0.1, 0.15) is 4.21 Å². The first kappa shape index (κ1) is 13.3. The number of halogens is 1. The number of hydrogen-bond acceptors (Lipinski definition) is 3. The SMILES string of the molecule is Cc1ccc(S(=O)(=O)N2CCCCC2CCl)s1. The van der Waals surface area contributed by atoms with Gasteiger partial charge in [-0.3, -0.25) is 0 Å². The molecule has 3 nitrogen and oxygen atoms in total. The maximum atomic E-state index is 12.4. The summed E-state index contributed by atoms with van der Waals surface area (Å²) in [5.74, 6) is 0.379. The van der Waals surface area contributed by atoms with Crippen molar-refractivity contribution in [2.75, 3.05) is 12.4 Å². The molecule has 1 fully saturated rings. The second-order valence-electron chi connectivity index (χ2n) is 4.28. The topological polar surface area (TPSA) is 37.4 Å². The van der Waals surface area contributed by atoms with Gasteiger partial charge in [0.25, 0.3) is 10.0 Å². The van der Waals surface area contributed by atoms with Gasteiger partial charge in [0.15, 0.2) is 0 Å². The molecule has 1 aromatic rings. The summed E-state index contributed by atoms with van der Waals surface area (Å²) in [5.41, 5.74) is 0. The molecule has 0 aromatic carbocycles. The normalized spacial score (nSPS) is 22.8. The van der Waals surface area contributed by atoms with E-state index in [0.29, 0.717) is 16.6 Å². The van der Waals surface area contributed by atoms with Gasteiger partial charge in [-0.2, -0.15) is 4.31 Å². The van der Waals surface area contributed by atoms with Crippen LogP contribution < -0.4 is 0 Å². The minimum absolute atomic E-state index is 0.0437. The van der Waals surface area contributed by atoms with E-state index < -0.39 is 10.0 Å². The maximum absolute atomic E-state index is 12.4. The van der Waals surface area contributed by atoms with E-state index in [-0.39, 0.29) is 6.04 Å². The van der Waals surface area contributed by atoms with Crippen LogP contribution in [0.4, 0.5) is 0 Å².